The molecular formula is C37H42FN5O4S2. The third kappa shape index (κ3) is 7.45. The summed E-state index contributed by atoms with van der Waals surface area (Å²) in [4.78, 5) is 25.5. The molecule has 4 bridgehead atoms. The first-order valence-electron chi connectivity index (χ1n) is 16.5. The van der Waals surface area contributed by atoms with Crippen molar-refractivity contribution in [1.29, 1.82) is 0 Å². The molecule has 1 aliphatic rings. The number of aliphatic carboxylic acids is 1. The van der Waals surface area contributed by atoms with E-state index >= 15 is 4.39 Å². The highest BCUT2D eigenvalue weighted by molar-refractivity contribution is 7.99. The molecule has 4 heterocycles. The van der Waals surface area contributed by atoms with Crippen molar-refractivity contribution in [2.75, 3.05) is 11.5 Å². The number of H-pyrrole nitrogens is 1. The highest BCUT2D eigenvalue weighted by Crippen LogP contribution is 2.41. The van der Waals surface area contributed by atoms with Crippen LogP contribution in [0.25, 0.3) is 22.4 Å². The van der Waals surface area contributed by atoms with Gasteiger partial charge in [-0.1, -0.05) is 63.2 Å². The predicted octanol–water partition coefficient (Wildman–Crippen LogP) is 7.39. The van der Waals surface area contributed by atoms with Gasteiger partial charge < -0.3 is 10.1 Å². The summed E-state index contributed by atoms with van der Waals surface area (Å²) in [6, 6.07) is 14.9. The Morgan fingerprint density at radius 1 is 1.14 bits per heavy atom. The first-order chi connectivity index (χ1) is 23.1. The zero-order chi connectivity index (χ0) is 35.1. The van der Waals surface area contributed by atoms with Crippen molar-refractivity contribution in [2.24, 2.45) is 18.4 Å². The fraction of sp³-hybridized carbons (Fsp3) is 0.405. The topological polar surface area (TPSA) is 131 Å². The van der Waals surface area contributed by atoms with Crippen LogP contribution >= 0.6 is 11.8 Å². The molecule has 49 heavy (non-hydrogen) atoms. The lowest BCUT2D eigenvalue weighted by molar-refractivity contribution is -0.141. The minimum absolute atomic E-state index is 0.00699. The molecule has 258 valence electrons. The number of carboxylic acids is 1. The minimum Gasteiger partial charge on any atom is -0.481 e. The SMILES string of the molecule is C[C@@H](Cc1cccc([C@@]2(C)CCCC(C)(C)CS(=O)(=O)CCc3c(c(F)cc4[nH]ccc34)Sc3ccnc(c3)-c3nc2nn3C)c1)C(=O)O. The van der Waals surface area contributed by atoms with Crippen LogP contribution in [0.5, 0.6) is 0 Å². The second-order valence-corrected chi connectivity index (χ2v) is 17.6. The quantitative estimate of drug-likeness (QED) is 0.198. The molecule has 0 radical (unpaired) electrons. The standard InChI is InChI=1S/C37H42FN5O4S2/c1-23(34(44)45)18-24-8-6-9-25(19-24)37(4)14-7-13-36(2,3)22-49(46,47)17-12-28-27-11-16-39-30(27)21-29(38)32(28)48-26-10-15-40-31(20-26)33-41-35(37)42-43(33)5/h6,8-11,15-16,19-21,23,39H,7,12-14,17-18,22H2,1-5H3,(H,44,45)/t23-,37+/m0/s1. The summed E-state index contributed by atoms with van der Waals surface area (Å²) in [6.45, 7) is 7.76. The Morgan fingerprint density at radius 2 is 1.94 bits per heavy atom. The van der Waals surface area contributed by atoms with Gasteiger partial charge in [-0.15, -0.1) is 0 Å². The molecule has 0 aliphatic carbocycles. The van der Waals surface area contributed by atoms with E-state index in [4.69, 9.17) is 10.1 Å². The average molecular weight is 704 g/mol. The van der Waals surface area contributed by atoms with Crippen LogP contribution in [-0.4, -0.2) is 55.7 Å². The molecule has 0 saturated heterocycles. The van der Waals surface area contributed by atoms with Gasteiger partial charge in [0.1, 0.15) is 11.5 Å². The summed E-state index contributed by atoms with van der Waals surface area (Å²) >= 11 is 1.25. The van der Waals surface area contributed by atoms with Gasteiger partial charge in [0.2, 0.25) is 0 Å². The number of benzene rings is 2. The molecule has 2 aromatic carbocycles. The van der Waals surface area contributed by atoms with Crippen molar-refractivity contribution in [3.8, 4) is 11.5 Å². The second kappa shape index (κ2) is 13.4. The van der Waals surface area contributed by atoms with E-state index in [0.29, 0.717) is 59.0 Å². The summed E-state index contributed by atoms with van der Waals surface area (Å²) in [6.07, 6.45) is 5.96. The maximum absolute atomic E-state index is 15.8. The molecule has 0 amide bonds. The number of aryl methyl sites for hydroxylation is 2. The number of hydrogen-bond acceptors (Lipinski definition) is 7. The van der Waals surface area contributed by atoms with Crippen molar-refractivity contribution in [3.05, 3.63) is 89.3 Å². The smallest absolute Gasteiger partial charge is 0.306 e. The summed E-state index contributed by atoms with van der Waals surface area (Å²) in [5.74, 6) is -0.740. The summed E-state index contributed by atoms with van der Waals surface area (Å²) in [7, 11) is -1.68. The van der Waals surface area contributed by atoms with E-state index in [0.717, 1.165) is 21.4 Å². The lowest BCUT2D eigenvalue weighted by atomic mass is 9.75. The Morgan fingerprint density at radius 3 is 2.71 bits per heavy atom. The molecule has 2 atom stereocenters. The fourth-order valence-electron chi connectivity index (χ4n) is 6.92. The number of aromatic nitrogens is 5. The van der Waals surface area contributed by atoms with Gasteiger partial charge >= 0.3 is 5.97 Å². The van der Waals surface area contributed by atoms with Crippen LogP contribution in [0.4, 0.5) is 4.39 Å². The number of aromatic amines is 1. The predicted molar refractivity (Wildman–Crippen MR) is 190 cm³/mol. The molecule has 0 saturated carbocycles. The van der Waals surface area contributed by atoms with E-state index < -0.39 is 38.4 Å². The fourth-order valence-corrected chi connectivity index (χ4v) is 9.94. The van der Waals surface area contributed by atoms with Crippen molar-refractivity contribution in [3.63, 3.8) is 0 Å². The third-order valence-corrected chi connectivity index (χ3v) is 12.8. The summed E-state index contributed by atoms with van der Waals surface area (Å²) in [5.41, 5.74) is 2.55. The van der Waals surface area contributed by atoms with Crippen LogP contribution in [0.3, 0.4) is 0 Å². The van der Waals surface area contributed by atoms with Gasteiger partial charge in [-0.2, -0.15) is 5.10 Å². The molecule has 1 aliphatic heterocycles. The Bertz CT molecular complexity index is 2140. The number of nitrogens with zero attached hydrogens (tertiary/aromatic N) is 4. The number of carboxylic acid groups (broad SMARTS) is 1. The normalized spacial score (nSPS) is 20.2. The Hall–Kier alpha value is -4.03. The molecule has 0 fully saturated rings. The number of carbonyl (C=O) groups is 1. The van der Waals surface area contributed by atoms with E-state index in [1.54, 1.807) is 30.1 Å². The average Bonchev–Trinajstić information content (AvgIpc) is 3.66. The molecule has 2 N–H and O–H groups in total. The van der Waals surface area contributed by atoms with Gasteiger partial charge in [0.25, 0.3) is 0 Å². The number of pyridine rings is 1. The van der Waals surface area contributed by atoms with E-state index in [9.17, 15) is 18.3 Å². The molecule has 12 heteroatoms. The molecule has 0 unspecified atom stereocenters. The van der Waals surface area contributed by atoms with Crippen LogP contribution in [0.15, 0.2) is 70.7 Å². The van der Waals surface area contributed by atoms with Crippen LogP contribution in [0.1, 0.15) is 69.5 Å². The van der Waals surface area contributed by atoms with E-state index in [1.165, 1.54) is 17.8 Å². The first-order valence-corrected chi connectivity index (χ1v) is 19.1. The highest BCUT2D eigenvalue weighted by atomic mass is 32.2. The number of nitrogens with one attached hydrogen (secondary N) is 1. The van der Waals surface area contributed by atoms with Gasteiger partial charge in [0.15, 0.2) is 21.5 Å². The number of fused-ring (bicyclic) bond motifs is 8. The monoisotopic (exact) mass is 703 g/mol. The minimum atomic E-state index is -3.50. The molecule has 3 aromatic heterocycles. The van der Waals surface area contributed by atoms with Crippen molar-refractivity contribution in [1.82, 2.24) is 24.7 Å². The van der Waals surface area contributed by atoms with Crippen LogP contribution in [0.2, 0.25) is 0 Å². The van der Waals surface area contributed by atoms with Crippen LogP contribution in [-0.2, 0) is 39.9 Å². The highest BCUT2D eigenvalue weighted by Gasteiger charge is 2.36. The Kier molecular flexibility index (Phi) is 9.49. The van der Waals surface area contributed by atoms with Crippen LogP contribution in [0, 0.1) is 17.2 Å². The maximum atomic E-state index is 15.8. The van der Waals surface area contributed by atoms with Gasteiger partial charge in [-0.3, -0.25) is 9.78 Å². The first kappa shape index (κ1) is 34.8. The van der Waals surface area contributed by atoms with Gasteiger partial charge in [-0.05, 0) is 79.0 Å². The largest absolute Gasteiger partial charge is 0.481 e. The van der Waals surface area contributed by atoms with Crippen LogP contribution < -0.4 is 0 Å². The summed E-state index contributed by atoms with van der Waals surface area (Å²) < 4.78 is 44.8. The van der Waals surface area contributed by atoms with E-state index in [-0.39, 0.29) is 17.9 Å². The zero-order valence-corrected chi connectivity index (χ0v) is 30.1. The third-order valence-electron chi connectivity index (χ3n) is 9.63. The lowest BCUT2D eigenvalue weighted by Gasteiger charge is -2.31. The maximum Gasteiger partial charge on any atom is 0.306 e. The van der Waals surface area contributed by atoms with E-state index in [2.05, 4.69) is 16.9 Å². The van der Waals surface area contributed by atoms with E-state index in [1.807, 2.05) is 57.3 Å². The zero-order valence-electron chi connectivity index (χ0n) is 28.5. The molecule has 0 spiro atoms. The number of hydrogen-bond donors (Lipinski definition) is 2. The lowest BCUT2D eigenvalue weighted by Crippen LogP contribution is -2.29. The van der Waals surface area contributed by atoms with Crippen molar-refractivity contribution >= 4 is 38.5 Å². The molecule has 5 aromatic rings. The summed E-state index contributed by atoms with van der Waals surface area (Å²) in [5, 5.41) is 15.3. The second-order valence-electron chi connectivity index (χ2n) is 14.3. The number of sulfone groups is 1. The van der Waals surface area contributed by atoms with Gasteiger partial charge in [0.05, 0.1) is 27.7 Å². The molecule has 6 rings (SSSR count). The number of rotatable bonds is 4. The number of halogens is 1. The van der Waals surface area contributed by atoms with Crippen molar-refractivity contribution in [2.45, 2.75) is 75.0 Å². The molecule has 9 nitrogen and oxygen atoms in total. The van der Waals surface area contributed by atoms with Crippen molar-refractivity contribution < 1.29 is 22.7 Å². The van der Waals surface area contributed by atoms with Gasteiger partial charge in [-0.25, -0.2) is 22.5 Å². The molecular weight excluding hydrogens is 662 g/mol. The van der Waals surface area contributed by atoms with Gasteiger partial charge in [0, 0.05) is 35.2 Å². The Balaban J connectivity index is 1.47. The Labute approximate surface area is 290 Å².